The van der Waals surface area contributed by atoms with Crippen molar-refractivity contribution in [3.05, 3.63) is 59.4 Å². The minimum atomic E-state index is -0.468. The van der Waals surface area contributed by atoms with Crippen LogP contribution in [0.5, 0.6) is 0 Å². The third kappa shape index (κ3) is 4.49. The zero-order valence-electron chi connectivity index (χ0n) is 17.2. The van der Waals surface area contributed by atoms with Gasteiger partial charge in [-0.3, -0.25) is 8.32 Å². The molecule has 1 atom stereocenters. The highest BCUT2D eigenvalue weighted by Crippen LogP contribution is 2.36. The molecule has 1 aromatic carbocycles. The van der Waals surface area contributed by atoms with E-state index in [0.717, 1.165) is 18.6 Å². The number of rotatable bonds is 6. The number of benzene rings is 1. The van der Waals surface area contributed by atoms with E-state index in [4.69, 9.17) is 0 Å². The second-order valence-electron chi connectivity index (χ2n) is 8.28. The van der Waals surface area contributed by atoms with Gasteiger partial charge in [-0.15, -0.1) is 0 Å². The third-order valence-corrected chi connectivity index (χ3v) is 5.81. The van der Waals surface area contributed by atoms with Gasteiger partial charge in [-0.25, -0.2) is 18.3 Å². The summed E-state index contributed by atoms with van der Waals surface area (Å²) in [7, 11) is 0. The number of anilines is 1. The fraction of sp³-hybridized carbons (Fsp3) is 0.381. The fourth-order valence-corrected chi connectivity index (χ4v) is 4.85. The Hall–Kier alpha value is -2.34. The molecule has 0 aliphatic carbocycles. The summed E-state index contributed by atoms with van der Waals surface area (Å²) in [6.07, 6.45) is 4.74. The largest absolute Gasteiger partial charge is 0.349 e. The molecule has 1 amide bonds. The third-order valence-electron chi connectivity index (χ3n) is 5.42. The predicted molar refractivity (Wildman–Crippen MR) is 122 cm³/mol. The van der Waals surface area contributed by atoms with Crippen LogP contribution in [0.2, 0.25) is 0 Å². The fourth-order valence-electron chi connectivity index (χ4n) is 3.90. The first-order valence-electron chi connectivity index (χ1n) is 10.0. The van der Waals surface area contributed by atoms with E-state index in [1.54, 1.807) is 12.3 Å². The lowest BCUT2D eigenvalue weighted by atomic mass is 10.0. The van der Waals surface area contributed by atoms with Crippen LogP contribution in [0.4, 0.5) is 14.6 Å². The van der Waals surface area contributed by atoms with Crippen LogP contribution in [0.3, 0.4) is 0 Å². The van der Waals surface area contributed by atoms with E-state index in [-0.39, 0.29) is 11.9 Å². The van der Waals surface area contributed by atoms with Crippen LogP contribution in [-0.2, 0) is 0 Å². The van der Waals surface area contributed by atoms with Crippen molar-refractivity contribution in [3.8, 4) is 0 Å². The number of fused-ring (bicyclic) bond motifs is 1. The lowest BCUT2D eigenvalue weighted by Gasteiger charge is -2.27. The Labute approximate surface area is 192 Å². The number of aromatic nitrogens is 3. The molecule has 1 aliphatic rings. The molecule has 10 heteroatoms. The van der Waals surface area contributed by atoms with Crippen LogP contribution < -0.4 is 13.7 Å². The Morgan fingerprint density at radius 3 is 2.90 bits per heavy atom. The van der Waals surface area contributed by atoms with Gasteiger partial charge >= 0.3 is 0 Å². The lowest BCUT2D eigenvalue weighted by Crippen LogP contribution is -2.48. The molecule has 3 heterocycles. The molecule has 7 nitrogen and oxygen atoms in total. The first kappa shape index (κ1) is 21.9. The van der Waals surface area contributed by atoms with Crippen LogP contribution in [0.1, 0.15) is 48.7 Å². The van der Waals surface area contributed by atoms with Crippen LogP contribution >= 0.6 is 22.9 Å². The molecular weight excluding hydrogens is 517 g/mol. The summed E-state index contributed by atoms with van der Waals surface area (Å²) in [4.78, 5) is 19.5. The van der Waals surface area contributed by atoms with Crippen molar-refractivity contribution in [1.29, 1.82) is 0 Å². The van der Waals surface area contributed by atoms with Gasteiger partial charge in [-0.1, -0.05) is 0 Å². The number of carbonyl (C=O) groups is 1. The van der Waals surface area contributed by atoms with Gasteiger partial charge in [0.05, 0.1) is 12.2 Å². The maximum atomic E-state index is 14.4. The first-order valence-corrected chi connectivity index (χ1v) is 11.1. The van der Waals surface area contributed by atoms with Gasteiger partial charge in [0.2, 0.25) is 0 Å². The molecule has 2 aromatic heterocycles. The SMILES string of the molecule is CC(C)(CNI)NC(=O)c1cnn2ccc(N3CCCC3c3cc(F)ccc3F)nc12. The summed E-state index contributed by atoms with van der Waals surface area (Å²) >= 11 is 2.04. The van der Waals surface area contributed by atoms with Gasteiger partial charge < -0.3 is 10.2 Å². The summed E-state index contributed by atoms with van der Waals surface area (Å²) in [6, 6.07) is 4.98. The van der Waals surface area contributed by atoms with Gasteiger partial charge in [-0.05, 0) is 51.0 Å². The Bertz CT molecular complexity index is 1120. The van der Waals surface area contributed by atoms with Crippen LogP contribution in [-0.4, -0.2) is 39.1 Å². The van der Waals surface area contributed by atoms with E-state index in [0.29, 0.717) is 42.1 Å². The first-order chi connectivity index (χ1) is 14.8. The summed E-state index contributed by atoms with van der Waals surface area (Å²) < 4.78 is 32.7. The average Bonchev–Trinajstić information content (AvgIpc) is 3.35. The average molecular weight is 540 g/mol. The normalized spacial score (nSPS) is 16.8. The summed E-state index contributed by atoms with van der Waals surface area (Å²) in [5, 5.41) is 7.22. The number of carbonyl (C=O) groups excluding carboxylic acids is 1. The molecule has 0 saturated carbocycles. The molecule has 31 heavy (non-hydrogen) atoms. The number of hydrogen-bond acceptors (Lipinski definition) is 5. The van der Waals surface area contributed by atoms with Crippen molar-refractivity contribution in [1.82, 2.24) is 23.4 Å². The Kier molecular flexibility index (Phi) is 6.11. The molecule has 1 fully saturated rings. The van der Waals surface area contributed by atoms with Crippen LogP contribution in [0.25, 0.3) is 5.65 Å². The van der Waals surface area contributed by atoms with Gasteiger partial charge in [0.15, 0.2) is 5.65 Å². The van der Waals surface area contributed by atoms with E-state index in [2.05, 4.69) is 18.9 Å². The molecule has 1 saturated heterocycles. The second kappa shape index (κ2) is 8.65. The maximum Gasteiger partial charge on any atom is 0.257 e. The van der Waals surface area contributed by atoms with Crippen molar-refractivity contribution < 1.29 is 13.6 Å². The number of hydrogen-bond donors (Lipinski definition) is 2. The molecule has 4 rings (SSSR count). The number of amides is 1. The monoisotopic (exact) mass is 540 g/mol. The lowest BCUT2D eigenvalue weighted by molar-refractivity contribution is 0.0916. The van der Waals surface area contributed by atoms with Crippen LogP contribution in [0.15, 0.2) is 36.7 Å². The number of nitrogens with zero attached hydrogens (tertiary/aromatic N) is 4. The zero-order chi connectivity index (χ0) is 22.2. The molecule has 164 valence electrons. The predicted octanol–water partition coefficient (Wildman–Crippen LogP) is 3.80. The molecule has 1 unspecified atom stereocenters. The highest BCUT2D eigenvalue weighted by molar-refractivity contribution is 14.1. The van der Waals surface area contributed by atoms with E-state index in [1.165, 1.54) is 16.8 Å². The van der Waals surface area contributed by atoms with E-state index in [9.17, 15) is 13.6 Å². The molecule has 2 N–H and O–H groups in total. The highest BCUT2D eigenvalue weighted by Gasteiger charge is 2.30. The molecule has 0 bridgehead atoms. The highest BCUT2D eigenvalue weighted by atomic mass is 127. The van der Waals surface area contributed by atoms with Crippen molar-refractivity contribution in [2.75, 3.05) is 18.0 Å². The maximum absolute atomic E-state index is 14.4. The Morgan fingerprint density at radius 2 is 2.13 bits per heavy atom. The Balaban J connectivity index is 1.67. The molecule has 0 spiro atoms. The van der Waals surface area contributed by atoms with Gasteiger partial charge in [0.25, 0.3) is 5.91 Å². The van der Waals surface area contributed by atoms with Crippen molar-refractivity contribution in [2.24, 2.45) is 0 Å². The topological polar surface area (TPSA) is 74.6 Å². The second-order valence-corrected chi connectivity index (χ2v) is 9.04. The van der Waals surface area contributed by atoms with E-state index >= 15 is 0 Å². The van der Waals surface area contributed by atoms with Crippen molar-refractivity contribution in [2.45, 2.75) is 38.3 Å². The van der Waals surface area contributed by atoms with Crippen molar-refractivity contribution >= 4 is 40.2 Å². The Morgan fingerprint density at radius 1 is 1.32 bits per heavy atom. The summed E-state index contributed by atoms with van der Waals surface area (Å²) in [5.41, 5.74) is 0.632. The molecule has 1 aliphatic heterocycles. The minimum Gasteiger partial charge on any atom is -0.349 e. The summed E-state index contributed by atoms with van der Waals surface area (Å²) in [6.45, 7) is 5.09. The van der Waals surface area contributed by atoms with Crippen molar-refractivity contribution in [3.63, 3.8) is 0 Å². The number of halogens is 3. The molecule has 3 aromatic rings. The quantitative estimate of drug-likeness (QED) is 0.368. The van der Waals surface area contributed by atoms with Crippen LogP contribution in [0, 0.1) is 11.6 Å². The van der Waals surface area contributed by atoms with E-state index in [1.807, 2.05) is 41.6 Å². The van der Waals surface area contributed by atoms with E-state index < -0.39 is 17.2 Å². The smallest absolute Gasteiger partial charge is 0.257 e. The number of nitrogens with one attached hydrogen (secondary N) is 2. The van der Waals surface area contributed by atoms with Gasteiger partial charge in [0.1, 0.15) is 23.0 Å². The molecule has 0 radical (unpaired) electrons. The minimum absolute atomic E-state index is 0.273. The summed E-state index contributed by atoms with van der Waals surface area (Å²) in [5.74, 6) is -0.577. The van der Waals surface area contributed by atoms with Gasteiger partial charge in [-0.2, -0.15) is 5.10 Å². The molecular formula is C21H23F2IN6O. The zero-order valence-corrected chi connectivity index (χ0v) is 19.4. The standard InChI is InChI=1S/C21H23F2IN6O/c1-21(2,12-25-24)28-20(31)15-11-26-30-9-7-18(27-19(15)30)29-8-3-4-17(29)14-10-13(22)5-6-16(14)23/h5-7,9-11,17,25H,3-4,8,12H2,1-2H3,(H,28,31). The van der Waals surface area contributed by atoms with Gasteiger partial charge in [0, 0.05) is 53.3 Å².